The molecule has 0 aliphatic rings. The maximum absolute atomic E-state index is 12.5. The number of nitrogens with zero attached hydrogens (tertiary/aromatic N) is 1. The molecule has 19 heavy (non-hydrogen) atoms. The fourth-order valence-corrected chi connectivity index (χ4v) is 1.93. The van der Waals surface area contributed by atoms with Crippen molar-refractivity contribution in [2.24, 2.45) is 5.73 Å². The Labute approximate surface area is 112 Å². The van der Waals surface area contributed by atoms with Gasteiger partial charge in [-0.3, -0.25) is 4.90 Å². The van der Waals surface area contributed by atoms with Crippen LogP contribution in [0.3, 0.4) is 0 Å². The van der Waals surface area contributed by atoms with Gasteiger partial charge < -0.3 is 5.73 Å². The van der Waals surface area contributed by atoms with Crippen LogP contribution in [0.25, 0.3) is 0 Å². The molecule has 0 radical (unpaired) electrons. The van der Waals surface area contributed by atoms with Gasteiger partial charge in [-0.05, 0) is 37.5 Å². The smallest absolute Gasteiger partial charge is 0.326 e. The first-order valence-electron chi connectivity index (χ1n) is 6.32. The molecule has 108 valence electrons. The Morgan fingerprint density at radius 2 is 1.89 bits per heavy atom. The summed E-state index contributed by atoms with van der Waals surface area (Å²) in [6.45, 7) is 5.30. The van der Waals surface area contributed by atoms with Crippen molar-refractivity contribution >= 4 is 0 Å². The Kier molecular flexibility index (Phi) is 5.38. The molecule has 0 saturated carbocycles. The van der Waals surface area contributed by atoms with Gasteiger partial charge in [-0.2, -0.15) is 13.2 Å². The van der Waals surface area contributed by atoms with Gasteiger partial charge in [0, 0.05) is 19.1 Å². The molecule has 1 aromatic carbocycles. The highest BCUT2D eigenvalue weighted by molar-refractivity contribution is 5.31. The summed E-state index contributed by atoms with van der Waals surface area (Å²) < 4.78 is 37.6. The molecule has 0 amide bonds. The average molecular weight is 274 g/mol. The van der Waals surface area contributed by atoms with Crippen LogP contribution in [0, 0.1) is 6.92 Å². The quantitative estimate of drug-likeness (QED) is 0.893. The van der Waals surface area contributed by atoms with Crippen LogP contribution in [0.1, 0.15) is 30.5 Å². The summed E-state index contributed by atoms with van der Waals surface area (Å²) in [7, 11) is 0. The van der Waals surface area contributed by atoms with E-state index in [0.717, 1.165) is 16.7 Å². The van der Waals surface area contributed by atoms with E-state index in [-0.39, 0.29) is 6.04 Å². The standard InChI is InChI=1S/C14H21F3N2/c1-10(2)19(9-14(15,16)17)8-13-5-4-12(7-18)6-11(13)3/h4-6,10H,7-9,18H2,1-3H3. The zero-order valence-electron chi connectivity index (χ0n) is 11.6. The first-order chi connectivity index (χ1) is 8.73. The number of aryl methyl sites for hydroxylation is 1. The van der Waals surface area contributed by atoms with E-state index in [9.17, 15) is 13.2 Å². The number of halogens is 3. The molecule has 0 bridgehead atoms. The maximum Gasteiger partial charge on any atom is 0.401 e. The lowest BCUT2D eigenvalue weighted by Crippen LogP contribution is -2.38. The molecule has 2 nitrogen and oxygen atoms in total. The molecular formula is C14H21F3N2. The third kappa shape index (κ3) is 5.20. The topological polar surface area (TPSA) is 29.3 Å². The number of nitrogens with two attached hydrogens (primary N) is 1. The van der Waals surface area contributed by atoms with Crippen LogP contribution in [0.2, 0.25) is 0 Å². The average Bonchev–Trinajstić information content (AvgIpc) is 2.28. The van der Waals surface area contributed by atoms with Gasteiger partial charge in [0.05, 0.1) is 6.54 Å². The number of benzene rings is 1. The molecule has 0 heterocycles. The summed E-state index contributed by atoms with van der Waals surface area (Å²) in [4.78, 5) is 1.42. The second-order valence-electron chi connectivity index (χ2n) is 5.08. The van der Waals surface area contributed by atoms with Gasteiger partial charge >= 0.3 is 6.18 Å². The number of alkyl halides is 3. The third-order valence-electron chi connectivity index (χ3n) is 3.13. The van der Waals surface area contributed by atoms with E-state index in [0.29, 0.717) is 13.1 Å². The summed E-state index contributed by atoms with van der Waals surface area (Å²) in [5.41, 5.74) is 8.43. The Morgan fingerprint density at radius 3 is 2.32 bits per heavy atom. The van der Waals surface area contributed by atoms with Crippen molar-refractivity contribution < 1.29 is 13.2 Å². The van der Waals surface area contributed by atoms with E-state index in [1.165, 1.54) is 4.90 Å². The molecule has 0 atom stereocenters. The van der Waals surface area contributed by atoms with Gasteiger partial charge in [0.1, 0.15) is 0 Å². The fourth-order valence-electron chi connectivity index (χ4n) is 1.93. The van der Waals surface area contributed by atoms with Crippen LogP contribution in [0.5, 0.6) is 0 Å². The van der Waals surface area contributed by atoms with Crippen LogP contribution in [-0.4, -0.2) is 23.7 Å². The highest BCUT2D eigenvalue weighted by Gasteiger charge is 2.31. The summed E-state index contributed by atoms with van der Waals surface area (Å²) in [5, 5.41) is 0. The van der Waals surface area contributed by atoms with Gasteiger partial charge in [0.25, 0.3) is 0 Å². The highest BCUT2D eigenvalue weighted by atomic mass is 19.4. The lowest BCUT2D eigenvalue weighted by molar-refractivity contribution is -0.150. The van der Waals surface area contributed by atoms with Crippen molar-refractivity contribution in [1.82, 2.24) is 4.90 Å². The summed E-state index contributed by atoms with van der Waals surface area (Å²) in [6, 6.07) is 5.51. The maximum atomic E-state index is 12.5. The molecular weight excluding hydrogens is 253 g/mol. The number of rotatable bonds is 5. The molecule has 0 spiro atoms. The molecule has 5 heteroatoms. The molecule has 1 rings (SSSR count). The first-order valence-corrected chi connectivity index (χ1v) is 6.32. The second-order valence-corrected chi connectivity index (χ2v) is 5.08. The lowest BCUT2D eigenvalue weighted by atomic mass is 10.0. The largest absolute Gasteiger partial charge is 0.401 e. The molecule has 0 aliphatic carbocycles. The minimum atomic E-state index is -4.17. The predicted octanol–water partition coefficient (Wildman–Crippen LogP) is 3.23. The molecule has 0 saturated heterocycles. The molecule has 0 aliphatic heterocycles. The van der Waals surface area contributed by atoms with Crippen molar-refractivity contribution in [2.45, 2.75) is 46.1 Å². The number of hydrogen-bond donors (Lipinski definition) is 1. The minimum Gasteiger partial charge on any atom is -0.326 e. The molecule has 0 aromatic heterocycles. The zero-order valence-corrected chi connectivity index (χ0v) is 11.6. The zero-order chi connectivity index (χ0) is 14.6. The van der Waals surface area contributed by atoms with Gasteiger partial charge in [-0.15, -0.1) is 0 Å². The van der Waals surface area contributed by atoms with Gasteiger partial charge in [-0.1, -0.05) is 18.2 Å². The minimum absolute atomic E-state index is 0.157. The summed E-state index contributed by atoms with van der Waals surface area (Å²) in [6.07, 6.45) is -4.17. The molecule has 0 unspecified atom stereocenters. The predicted molar refractivity (Wildman–Crippen MR) is 70.7 cm³/mol. The Bertz CT molecular complexity index is 414. The van der Waals surface area contributed by atoms with E-state index in [1.54, 1.807) is 13.8 Å². The SMILES string of the molecule is Cc1cc(CN)ccc1CN(CC(F)(F)F)C(C)C. The highest BCUT2D eigenvalue weighted by Crippen LogP contribution is 2.21. The van der Waals surface area contributed by atoms with Crippen LogP contribution in [0.4, 0.5) is 13.2 Å². The lowest BCUT2D eigenvalue weighted by Gasteiger charge is -2.28. The summed E-state index contributed by atoms with van der Waals surface area (Å²) in [5.74, 6) is 0. The normalized spacial score (nSPS) is 12.5. The Morgan fingerprint density at radius 1 is 1.26 bits per heavy atom. The van der Waals surface area contributed by atoms with Gasteiger partial charge in [0.2, 0.25) is 0 Å². The van der Waals surface area contributed by atoms with E-state index >= 15 is 0 Å². The van der Waals surface area contributed by atoms with E-state index in [1.807, 2.05) is 25.1 Å². The van der Waals surface area contributed by atoms with E-state index in [2.05, 4.69) is 0 Å². The molecule has 1 aromatic rings. The van der Waals surface area contributed by atoms with Crippen molar-refractivity contribution in [2.75, 3.05) is 6.54 Å². The van der Waals surface area contributed by atoms with Crippen LogP contribution in [-0.2, 0) is 13.1 Å². The second kappa shape index (κ2) is 6.39. The first kappa shape index (κ1) is 16.0. The number of hydrogen-bond acceptors (Lipinski definition) is 2. The fraction of sp³-hybridized carbons (Fsp3) is 0.571. The monoisotopic (exact) mass is 274 g/mol. The van der Waals surface area contributed by atoms with Crippen molar-refractivity contribution in [1.29, 1.82) is 0 Å². The van der Waals surface area contributed by atoms with Crippen LogP contribution >= 0.6 is 0 Å². The van der Waals surface area contributed by atoms with E-state index < -0.39 is 12.7 Å². The van der Waals surface area contributed by atoms with Crippen molar-refractivity contribution in [3.63, 3.8) is 0 Å². The molecule has 0 fully saturated rings. The van der Waals surface area contributed by atoms with Crippen molar-refractivity contribution in [3.05, 3.63) is 34.9 Å². The van der Waals surface area contributed by atoms with E-state index in [4.69, 9.17) is 5.73 Å². The Balaban J connectivity index is 2.85. The molecule has 2 N–H and O–H groups in total. The van der Waals surface area contributed by atoms with Crippen LogP contribution < -0.4 is 5.73 Å². The van der Waals surface area contributed by atoms with Gasteiger partial charge in [-0.25, -0.2) is 0 Å². The third-order valence-corrected chi connectivity index (χ3v) is 3.13. The Hall–Kier alpha value is -1.07. The summed E-state index contributed by atoms with van der Waals surface area (Å²) >= 11 is 0. The van der Waals surface area contributed by atoms with Crippen molar-refractivity contribution in [3.8, 4) is 0 Å². The van der Waals surface area contributed by atoms with Crippen LogP contribution in [0.15, 0.2) is 18.2 Å². The van der Waals surface area contributed by atoms with Gasteiger partial charge in [0.15, 0.2) is 0 Å².